The van der Waals surface area contributed by atoms with Gasteiger partial charge in [-0.25, -0.2) is 25.6 Å². The Kier molecular flexibility index (Phi) is 13.7. The lowest BCUT2D eigenvalue weighted by Crippen LogP contribution is -2.30. The minimum Gasteiger partial charge on any atom is -0.490 e. The summed E-state index contributed by atoms with van der Waals surface area (Å²) in [5.74, 6) is 2.19. The van der Waals surface area contributed by atoms with Gasteiger partial charge in [0.15, 0.2) is 19.7 Å². The number of nitrogens with zero attached hydrogens (tertiary/aromatic N) is 2. The quantitative estimate of drug-likeness (QED) is 0.0940. The van der Waals surface area contributed by atoms with E-state index >= 15 is 0 Å². The van der Waals surface area contributed by atoms with E-state index in [2.05, 4.69) is 0 Å². The highest BCUT2D eigenvalue weighted by Crippen LogP contribution is 2.35. The zero-order chi connectivity index (χ0) is 49.2. The van der Waals surface area contributed by atoms with E-state index in [4.69, 9.17) is 18.9 Å². The maximum atomic E-state index is 13.9. The summed E-state index contributed by atoms with van der Waals surface area (Å²) in [5, 5.41) is 0. The summed E-state index contributed by atoms with van der Waals surface area (Å²) >= 11 is 0. The number of hydrogen-bond donors (Lipinski definition) is 0. The number of halogens is 2. The largest absolute Gasteiger partial charge is 0.490 e. The molecule has 8 aromatic rings. The van der Waals surface area contributed by atoms with Crippen LogP contribution in [0.25, 0.3) is 33.9 Å². The minimum absolute atomic E-state index is 0.0509. The van der Waals surface area contributed by atoms with Crippen molar-refractivity contribution < 1.29 is 44.6 Å². The molecule has 0 radical (unpaired) electrons. The molecule has 0 bridgehead atoms. The van der Waals surface area contributed by atoms with Crippen molar-refractivity contribution in [2.75, 3.05) is 12.5 Å². The molecule has 0 amide bonds. The molecule has 0 spiro atoms. The summed E-state index contributed by atoms with van der Waals surface area (Å²) in [7, 11) is -6.72. The van der Waals surface area contributed by atoms with Crippen LogP contribution < -0.4 is 18.9 Å². The van der Waals surface area contributed by atoms with Gasteiger partial charge in [0.05, 0.1) is 33.4 Å². The second kappa shape index (κ2) is 20.1. The van der Waals surface area contributed by atoms with Crippen molar-refractivity contribution in [1.29, 1.82) is 0 Å². The smallest absolute Gasteiger partial charge is 0.175 e. The molecule has 1 aliphatic carbocycles. The third kappa shape index (κ3) is 11.0. The molecule has 2 heterocycles. The monoisotopic (exact) mass is 982 g/mol. The lowest BCUT2D eigenvalue weighted by atomic mass is 9.95. The Morgan fingerprint density at radius 3 is 1.09 bits per heavy atom. The van der Waals surface area contributed by atoms with Crippen molar-refractivity contribution in [1.82, 2.24) is 9.13 Å². The molecule has 0 atom stereocenters. The summed E-state index contributed by atoms with van der Waals surface area (Å²) in [6, 6.07) is 45.2. The molecule has 2 aromatic heterocycles. The number of sulfone groups is 2. The molecular weight excluding hydrogens is 931 g/mol. The van der Waals surface area contributed by atoms with Gasteiger partial charge >= 0.3 is 0 Å². The van der Waals surface area contributed by atoms with Gasteiger partial charge in [-0.1, -0.05) is 24.3 Å². The van der Waals surface area contributed by atoms with Crippen LogP contribution in [0.4, 0.5) is 8.78 Å². The molecule has 6 aromatic carbocycles. The molecule has 0 unspecified atom stereocenters. The van der Waals surface area contributed by atoms with Crippen LogP contribution in [0.3, 0.4) is 0 Å². The minimum atomic E-state index is -3.36. The summed E-state index contributed by atoms with van der Waals surface area (Å²) in [6.07, 6.45) is 5.83. The van der Waals surface area contributed by atoms with Gasteiger partial charge in [0.1, 0.15) is 47.8 Å². The Bertz CT molecular complexity index is 3100. The molecule has 14 heteroatoms. The fourth-order valence-corrected chi connectivity index (χ4v) is 10.1. The third-order valence-corrected chi connectivity index (χ3v) is 14.9. The zero-order valence-corrected chi connectivity index (χ0v) is 40.8. The fourth-order valence-electron chi connectivity index (χ4n) is 8.83. The fraction of sp³-hybridized carbons (Fsp3) is 0.214. The van der Waals surface area contributed by atoms with E-state index in [-0.39, 0.29) is 46.8 Å². The molecule has 1 fully saturated rings. The van der Waals surface area contributed by atoms with Gasteiger partial charge in [0.2, 0.25) is 0 Å². The van der Waals surface area contributed by atoms with E-state index in [1.165, 1.54) is 36.8 Å². The maximum absolute atomic E-state index is 13.9. The van der Waals surface area contributed by atoms with Crippen molar-refractivity contribution in [3.8, 4) is 56.9 Å². The number of rotatable bonds is 16. The van der Waals surface area contributed by atoms with E-state index < -0.39 is 19.7 Å². The first-order valence-corrected chi connectivity index (χ1v) is 26.7. The molecule has 0 N–H and O–H groups in total. The standard InChI is InChI=1S/C56H52F2N2O8S2/c1-37-41(33-55(59(37)45-13-9-43(57)10-14-45)39-5-29-53(30-6-39)69(3,61)62)35-65-47-17-21-49(22-18-47)67-51-25-27-52(28-26-51)68-50-23-19-48(20-24-50)66-36-42-34-56(40-7-31-54(32-8-40)70(4,63)64)60(38(42)2)46-15-11-44(58)12-16-46/h5-24,29-34,51-52H,25-28,35-36H2,1-4H3. The Balaban J connectivity index is 0.773. The van der Waals surface area contributed by atoms with Crippen molar-refractivity contribution in [3.63, 3.8) is 0 Å². The summed E-state index contributed by atoms with van der Waals surface area (Å²) < 4.78 is 106. The Labute approximate surface area is 407 Å². The molecular formula is C56H52F2N2O8S2. The molecule has 10 nitrogen and oxygen atoms in total. The average molecular weight is 983 g/mol. The first kappa shape index (κ1) is 47.9. The zero-order valence-electron chi connectivity index (χ0n) is 39.1. The van der Waals surface area contributed by atoms with Gasteiger partial charge < -0.3 is 28.1 Å². The topological polar surface area (TPSA) is 115 Å². The van der Waals surface area contributed by atoms with E-state index in [1.807, 2.05) is 83.6 Å². The highest BCUT2D eigenvalue weighted by Gasteiger charge is 2.25. The van der Waals surface area contributed by atoms with E-state index in [0.717, 1.165) is 93.6 Å². The lowest BCUT2D eigenvalue weighted by Gasteiger charge is -2.29. The van der Waals surface area contributed by atoms with Crippen LogP contribution in [-0.4, -0.2) is 50.7 Å². The summed E-state index contributed by atoms with van der Waals surface area (Å²) in [5.41, 5.74) is 8.48. The van der Waals surface area contributed by atoms with Crippen LogP contribution in [0.5, 0.6) is 23.0 Å². The van der Waals surface area contributed by atoms with E-state index in [1.54, 1.807) is 72.8 Å². The van der Waals surface area contributed by atoms with Crippen molar-refractivity contribution >= 4 is 19.7 Å². The number of ether oxygens (including phenoxy) is 4. The van der Waals surface area contributed by atoms with Crippen LogP contribution in [0.2, 0.25) is 0 Å². The first-order valence-electron chi connectivity index (χ1n) is 22.9. The summed E-state index contributed by atoms with van der Waals surface area (Å²) in [4.78, 5) is 0.464. The predicted octanol–water partition coefficient (Wildman–Crippen LogP) is 12.2. The first-order chi connectivity index (χ1) is 33.6. The van der Waals surface area contributed by atoms with E-state index in [9.17, 15) is 25.6 Å². The maximum Gasteiger partial charge on any atom is 0.175 e. The van der Waals surface area contributed by atoms with Crippen LogP contribution >= 0.6 is 0 Å². The van der Waals surface area contributed by atoms with Gasteiger partial charge in [0, 0.05) is 46.4 Å². The predicted molar refractivity (Wildman–Crippen MR) is 267 cm³/mol. The highest BCUT2D eigenvalue weighted by atomic mass is 32.2. The second-order valence-corrected chi connectivity index (χ2v) is 21.7. The van der Waals surface area contributed by atoms with Crippen molar-refractivity contribution in [2.24, 2.45) is 0 Å². The number of benzene rings is 6. The van der Waals surface area contributed by atoms with Crippen molar-refractivity contribution in [3.05, 3.63) is 192 Å². The van der Waals surface area contributed by atoms with Gasteiger partial charge in [-0.05, 0) is 184 Å². The van der Waals surface area contributed by atoms with Crippen LogP contribution in [0.15, 0.2) is 168 Å². The molecule has 1 saturated carbocycles. The van der Waals surface area contributed by atoms with Crippen LogP contribution in [0.1, 0.15) is 48.2 Å². The third-order valence-electron chi connectivity index (χ3n) is 12.7. The van der Waals surface area contributed by atoms with Gasteiger partial charge in [-0.15, -0.1) is 0 Å². The molecule has 1 aliphatic rings. The summed E-state index contributed by atoms with van der Waals surface area (Å²) in [6.45, 7) is 4.51. The van der Waals surface area contributed by atoms with Crippen LogP contribution in [-0.2, 0) is 32.9 Å². The Hall–Kier alpha value is -7.16. The lowest BCUT2D eigenvalue weighted by molar-refractivity contribution is 0.0805. The van der Waals surface area contributed by atoms with Gasteiger partial charge in [-0.3, -0.25) is 0 Å². The normalized spacial score (nSPS) is 15.1. The SMILES string of the molecule is Cc1c(COc2ccc(OC3CCC(Oc4ccc(OCc5cc(-c6ccc(S(C)(=O)=O)cc6)n(-c6ccc(F)cc6)c5C)cc4)CC3)cc2)cc(-c2ccc(S(C)(=O)=O)cc2)n1-c1ccc(F)cc1. The number of aromatic nitrogens is 2. The molecule has 360 valence electrons. The van der Waals surface area contributed by atoms with Crippen molar-refractivity contribution in [2.45, 2.75) is 74.7 Å². The van der Waals surface area contributed by atoms with Gasteiger partial charge in [0.25, 0.3) is 0 Å². The Morgan fingerprint density at radius 1 is 0.457 bits per heavy atom. The average Bonchev–Trinajstić information content (AvgIpc) is 3.86. The van der Waals surface area contributed by atoms with Crippen LogP contribution in [0, 0.1) is 25.5 Å². The van der Waals surface area contributed by atoms with E-state index in [0.29, 0.717) is 11.5 Å². The molecule has 9 rings (SSSR count). The highest BCUT2D eigenvalue weighted by molar-refractivity contribution is 7.91. The Morgan fingerprint density at radius 2 is 0.771 bits per heavy atom. The van der Waals surface area contributed by atoms with Gasteiger partial charge in [-0.2, -0.15) is 0 Å². The molecule has 0 saturated heterocycles. The second-order valence-electron chi connectivity index (χ2n) is 17.7. The molecule has 0 aliphatic heterocycles. The molecule has 70 heavy (non-hydrogen) atoms. The number of hydrogen-bond acceptors (Lipinski definition) is 8.